The van der Waals surface area contributed by atoms with E-state index in [1.54, 1.807) is 55.0 Å². The summed E-state index contributed by atoms with van der Waals surface area (Å²) in [6.07, 6.45) is 6.98. The number of nitrogens with zero attached hydrogens (tertiary/aromatic N) is 3. The number of aryl methyl sites for hydroxylation is 2. The van der Waals surface area contributed by atoms with Gasteiger partial charge in [0.2, 0.25) is 11.6 Å². The summed E-state index contributed by atoms with van der Waals surface area (Å²) >= 11 is 0. The highest BCUT2D eigenvalue weighted by Crippen LogP contribution is 2.32. The lowest BCUT2D eigenvalue weighted by Gasteiger charge is -2.13. The number of benzene rings is 3. The SMILES string of the molecule is CC(=O)Nc1ccc(Oc2ccnc3[nH]ccc23)cc1C.Cc1cc(Oc2ccnc3[nH]ccc23)ccc1NC(=O)c1cccc(-c2ccc(F)cc2)[n+]1[O-]. The second-order valence-electron chi connectivity index (χ2n) is 12.5. The normalized spacial score (nSPS) is 10.8. The quantitative estimate of drug-likeness (QED) is 0.0895. The van der Waals surface area contributed by atoms with E-state index in [0.29, 0.717) is 27.5 Å². The van der Waals surface area contributed by atoms with Gasteiger partial charge in [-0.1, -0.05) is 0 Å². The van der Waals surface area contributed by atoms with E-state index in [4.69, 9.17) is 9.47 Å². The van der Waals surface area contributed by atoms with Gasteiger partial charge in [-0.2, -0.15) is 4.73 Å². The van der Waals surface area contributed by atoms with Crippen LogP contribution in [0.1, 0.15) is 28.5 Å². The Morgan fingerprint density at radius 3 is 1.78 bits per heavy atom. The number of carbonyl (C=O) groups excluding carboxylic acids is 2. The molecule has 0 spiro atoms. The zero-order valence-corrected chi connectivity index (χ0v) is 29.9. The number of hydrogen-bond acceptors (Lipinski definition) is 7. The first-order valence-corrected chi connectivity index (χ1v) is 17.1. The molecule has 12 nitrogen and oxygen atoms in total. The Morgan fingerprint density at radius 2 is 1.25 bits per heavy atom. The zero-order chi connectivity index (χ0) is 38.5. The molecule has 5 heterocycles. The highest BCUT2D eigenvalue weighted by Gasteiger charge is 2.21. The smallest absolute Gasteiger partial charge is 0.321 e. The summed E-state index contributed by atoms with van der Waals surface area (Å²) < 4.78 is 25.7. The Kier molecular flexibility index (Phi) is 10.2. The van der Waals surface area contributed by atoms with Crippen molar-refractivity contribution in [2.75, 3.05) is 10.6 Å². The predicted molar refractivity (Wildman–Crippen MR) is 208 cm³/mol. The van der Waals surface area contributed by atoms with Crippen LogP contribution in [-0.4, -0.2) is 31.8 Å². The van der Waals surface area contributed by atoms with E-state index in [0.717, 1.165) is 50.4 Å². The molecule has 0 atom stereocenters. The van der Waals surface area contributed by atoms with Gasteiger partial charge in [0.1, 0.15) is 40.1 Å². The minimum Gasteiger partial charge on any atom is -0.618 e. The Balaban J connectivity index is 0.000000190. The highest BCUT2D eigenvalue weighted by atomic mass is 19.1. The molecule has 0 aliphatic heterocycles. The fraction of sp³-hybridized carbons (Fsp3) is 0.0714. The Hall–Kier alpha value is -7.54. The van der Waals surface area contributed by atoms with Gasteiger partial charge < -0.3 is 35.3 Å². The number of fused-ring (bicyclic) bond motifs is 2. The van der Waals surface area contributed by atoms with Crippen LogP contribution >= 0.6 is 0 Å². The van der Waals surface area contributed by atoms with Crippen molar-refractivity contribution in [2.24, 2.45) is 0 Å². The van der Waals surface area contributed by atoms with Gasteiger partial charge in [0, 0.05) is 60.8 Å². The van der Waals surface area contributed by atoms with Crippen molar-refractivity contribution < 1.29 is 28.2 Å². The summed E-state index contributed by atoms with van der Waals surface area (Å²) in [5.74, 6) is 1.67. The summed E-state index contributed by atoms with van der Waals surface area (Å²) in [5, 5.41) is 20.2. The Labute approximate surface area is 314 Å². The molecule has 3 aromatic carbocycles. The molecule has 8 aromatic rings. The number of nitrogens with one attached hydrogen (secondary N) is 4. The van der Waals surface area contributed by atoms with Crippen molar-refractivity contribution >= 4 is 45.3 Å². The molecule has 13 heteroatoms. The number of anilines is 2. The number of ether oxygens (including phenoxy) is 2. The van der Waals surface area contributed by atoms with Crippen LogP contribution in [0.3, 0.4) is 0 Å². The van der Waals surface area contributed by atoms with E-state index < -0.39 is 11.7 Å². The molecule has 0 aliphatic carbocycles. The van der Waals surface area contributed by atoms with Crippen LogP contribution in [0, 0.1) is 24.9 Å². The van der Waals surface area contributed by atoms with Crippen LogP contribution in [0.25, 0.3) is 33.3 Å². The second-order valence-corrected chi connectivity index (χ2v) is 12.5. The van der Waals surface area contributed by atoms with Crippen LogP contribution in [0.5, 0.6) is 23.0 Å². The maximum Gasteiger partial charge on any atom is 0.321 e. The van der Waals surface area contributed by atoms with Gasteiger partial charge in [-0.25, -0.2) is 14.4 Å². The fourth-order valence-corrected chi connectivity index (χ4v) is 5.86. The number of aromatic amines is 2. The van der Waals surface area contributed by atoms with Crippen molar-refractivity contribution in [3.63, 3.8) is 0 Å². The molecule has 0 aliphatic rings. The molecular weight excluding hydrogens is 702 g/mol. The molecule has 4 N–H and O–H groups in total. The molecule has 0 radical (unpaired) electrons. The van der Waals surface area contributed by atoms with Gasteiger partial charge in [0.25, 0.3) is 5.69 Å². The topological polar surface area (TPSA) is 161 Å². The first kappa shape index (κ1) is 35.8. The molecule has 0 fully saturated rings. The fourth-order valence-electron chi connectivity index (χ4n) is 5.86. The maximum absolute atomic E-state index is 13.2. The highest BCUT2D eigenvalue weighted by molar-refractivity contribution is 6.02. The van der Waals surface area contributed by atoms with E-state index in [2.05, 4.69) is 30.6 Å². The number of carbonyl (C=O) groups is 2. The van der Waals surface area contributed by atoms with Crippen molar-refractivity contribution in [1.82, 2.24) is 19.9 Å². The van der Waals surface area contributed by atoms with Crippen LogP contribution in [-0.2, 0) is 4.79 Å². The number of hydrogen-bond donors (Lipinski definition) is 4. The molecule has 274 valence electrons. The molecule has 5 aromatic heterocycles. The first-order valence-electron chi connectivity index (χ1n) is 17.1. The summed E-state index contributed by atoms with van der Waals surface area (Å²) in [5.41, 5.74) is 5.25. The molecule has 55 heavy (non-hydrogen) atoms. The maximum atomic E-state index is 13.2. The van der Waals surface area contributed by atoms with Gasteiger partial charge >= 0.3 is 5.91 Å². The molecule has 2 amide bonds. The number of H-pyrrole nitrogens is 2. The monoisotopic (exact) mass is 735 g/mol. The van der Waals surface area contributed by atoms with Crippen molar-refractivity contribution in [1.29, 1.82) is 0 Å². The largest absolute Gasteiger partial charge is 0.618 e. The first-order chi connectivity index (χ1) is 26.6. The number of aromatic nitrogens is 5. The average Bonchev–Trinajstić information content (AvgIpc) is 3.86. The second kappa shape index (κ2) is 15.6. The van der Waals surface area contributed by atoms with E-state index in [1.807, 2.05) is 56.4 Å². The van der Waals surface area contributed by atoms with E-state index in [1.165, 1.54) is 37.3 Å². The molecule has 8 rings (SSSR count). The van der Waals surface area contributed by atoms with Crippen LogP contribution in [0.2, 0.25) is 0 Å². The third-order valence-corrected chi connectivity index (χ3v) is 8.57. The molecular formula is C42H34FN7O5. The van der Waals surface area contributed by atoms with Crippen molar-refractivity contribution in [3.8, 4) is 34.3 Å². The average molecular weight is 736 g/mol. The summed E-state index contributed by atoms with van der Waals surface area (Å²) in [6, 6.07) is 28.4. The van der Waals surface area contributed by atoms with Gasteiger partial charge in [0.15, 0.2) is 0 Å². The van der Waals surface area contributed by atoms with Crippen molar-refractivity contribution in [3.05, 3.63) is 156 Å². The van der Waals surface area contributed by atoms with E-state index in [9.17, 15) is 19.2 Å². The molecule has 0 unspecified atom stereocenters. The summed E-state index contributed by atoms with van der Waals surface area (Å²) in [4.78, 5) is 38.6. The minimum absolute atomic E-state index is 0.0758. The van der Waals surface area contributed by atoms with E-state index in [-0.39, 0.29) is 17.3 Å². The van der Waals surface area contributed by atoms with Gasteiger partial charge in [-0.3, -0.25) is 9.59 Å². The molecule has 0 saturated carbocycles. The number of rotatable bonds is 8. The van der Waals surface area contributed by atoms with Crippen LogP contribution < -0.4 is 24.8 Å². The van der Waals surface area contributed by atoms with Crippen molar-refractivity contribution in [2.45, 2.75) is 20.8 Å². The summed E-state index contributed by atoms with van der Waals surface area (Å²) in [7, 11) is 0. The Morgan fingerprint density at radius 1 is 0.709 bits per heavy atom. The standard InChI is InChI=1S/C26H19FN4O3.C16H15N3O2/c1-16-15-19(34-24-12-14-29-25-20(24)11-13-28-25)9-10-21(16)30-26(32)23-4-2-3-22(31(23)33)17-5-7-18(27)8-6-17;1-10-9-12(3-4-14(10)19-11(2)20)21-15-6-8-18-16-13(15)5-7-17-16/h2-15H,1H3,(H,28,29)(H,30,32);3-9H,1-2H3,(H,17,18)(H,19,20). The minimum atomic E-state index is -0.557. The zero-order valence-electron chi connectivity index (χ0n) is 29.9. The molecule has 0 saturated heterocycles. The Bertz CT molecular complexity index is 2670. The lowest BCUT2D eigenvalue weighted by molar-refractivity contribution is -0.595. The number of pyridine rings is 3. The van der Waals surface area contributed by atoms with E-state index >= 15 is 0 Å². The third kappa shape index (κ3) is 8.10. The van der Waals surface area contributed by atoms with Crippen LogP contribution in [0.4, 0.5) is 15.8 Å². The number of amides is 2. The third-order valence-electron chi connectivity index (χ3n) is 8.57. The van der Waals surface area contributed by atoms with Gasteiger partial charge in [0.05, 0.1) is 10.8 Å². The molecule has 0 bridgehead atoms. The summed E-state index contributed by atoms with van der Waals surface area (Å²) in [6.45, 7) is 5.25. The predicted octanol–water partition coefficient (Wildman–Crippen LogP) is 8.98. The lowest BCUT2D eigenvalue weighted by atomic mass is 10.1. The number of halogens is 1. The van der Waals surface area contributed by atoms with Gasteiger partial charge in [-0.05, 0) is 116 Å². The van der Waals surface area contributed by atoms with Crippen LogP contribution in [0.15, 0.2) is 128 Å². The lowest BCUT2D eigenvalue weighted by Crippen LogP contribution is -2.38. The van der Waals surface area contributed by atoms with Gasteiger partial charge in [-0.15, -0.1) is 0 Å².